The molecule has 0 fully saturated rings. The molecule has 0 saturated carbocycles. The summed E-state index contributed by atoms with van der Waals surface area (Å²) < 4.78 is 58.0. The van der Waals surface area contributed by atoms with Gasteiger partial charge in [0.15, 0.2) is 0 Å². The molecular weight excluding hydrogens is 422 g/mol. The molecule has 1 amide bonds. The normalized spacial score (nSPS) is 12.1. The van der Waals surface area contributed by atoms with Crippen LogP contribution in [0.5, 0.6) is 0 Å². The molecule has 1 aromatic rings. The lowest BCUT2D eigenvalue weighted by Crippen LogP contribution is -2.33. The van der Waals surface area contributed by atoms with Crippen molar-refractivity contribution in [1.29, 1.82) is 0 Å². The second-order valence-corrected chi connectivity index (χ2v) is 8.82. The molecule has 0 aromatic heterocycles. The van der Waals surface area contributed by atoms with Gasteiger partial charge in [0.2, 0.25) is 10.0 Å². The minimum atomic E-state index is -4.09. The maximum Gasteiger partial charge on any atom is 0.407 e. The van der Waals surface area contributed by atoms with Crippen molar-refractivity contribution in [3.8, 4) is 0 Å². The fourth-order valence-electron chi connectivity index (χ4n) is 1.75. The number of halogens is 3. The number of unbranched alkanes of at least 4 members (excludes halogenated alkanes) is 1. The van der Waals surface area contributed by atoms with Gasteiger partial charge < -0.3 is 10.1 Å². The molecule has 0 atom stereocenters. The van der Waals surface area contributed by atoms with Crippen molar-refractivity contribution in [1.82, 2.24) is 10.0 Å². The third-order valence-electron chi connectivity index (χ3n) is 2.83. The van der Waals surface area contributed by atoms with Gasteiger partial charge in [-0.2, -0.15) is 0 Å². The van der Waals surface area contributed by atoms with Crippen LogP contribution in [0.2, 0.25) is 0 Å². The van der Waals surface area contributed by atoms with Crippen LogP contribution in [-0.4, -0.2) is 33.2 Å². The third-order valence-corrected chi connectivity index (χ3v) is 4.91. The van der Waals surface area contributed by atoms with Gasteiger partial charge in [0.05, 0.1) is 4.47 Å². The Labute approximate surface area is 154 Å². The highest BCUT2D eigenvalue weighted by molar-refractivity contribution is 9.10. The summed E-state index contributed by atoms with van der Waals surface area (Å²) in [6, 6.07) is 1.38. The summed E-state index contributed by atoms with van der Waals surface area (Å²) >= 11 is 2.82. The second-order valence-electron chi connectivity index (χ2n) is 6.23. The van der Waals surface area contributed by atoms with Gasteiger partial charge in [0.25, 0.3) is 0 Å². The standard InChI is InChI=1S/C15H21BrF2N2O4S/c1-15(2,3)24-14(21)19-6-4-5-7-20-25(22,23)13-8-10(16)11(17)9-12(13)18/h8-9,20H,4-7H2,1-3H3,(H,19,21). The highest BCUT2D eigenvalue weighted by atomic mass is 79.9. The lowest BCUT2D eigenvalue weighted by Gasteiger charge is -2.19. The van der Waals surface area contributed by atoms with Gasteiger partial charge in [-0.3, -0.25) is 0 Å². The molecule has 0 bridgehead atoms. The maximum atomic E-state index is 13.6. The number of amides is 1. The van der Waals surface area contributed by atoms with E-state index in [0.29, 0.717) is 25.5 Å². The Morgan fingerprint density at radius 1 is 1.16 bits per heavy atom. The third kappa shape index (κ3) is 7.66. The van der Waals surface area contributed by atoms with Crippen LogP contribution in [0.1, 0.15) is 33.6 Å². The number of nitrogens with one attached hydrogen (secondary N) is 2. The van der Waals surface area contributed by atoms with Crippen LogP contribution >= 0.6 is 15.9 Å². The van der Waals surface area contributed by atoms with E-state index in [4.69, 9.17) is 4.74 Å². The molecule has 0 aliphatic heterocycles. The van der Waals surface area contributed by atoms with Gasteiger partial charge in [-0.15, -0.1) is 0 Å². The molecule has 0 spiro atoms. The van der Waals surface area contributed by atoms with Gasteiger partial charge >= 0.3 is 6.09 Å². The summed E-state index contributed by atoms with van der Waals surface area (Å²) in [4.78, 5) is 10.8. The number of hydrogen-bond donors (Lipinski definition) is 2. The fraction of sp³-hybridized carbons (Fsp3) is 0.533. The van der Waals surface area contributed by atoms with Crippen LogP contribution in [0.4, 0.5) is 13.6 Å². The zero-order valence-electron chi connectivity index (χ0n) is 14.2. The molecule has 6 nitrogen and oxygen atoms in total. The largest absolute Gasteiger partial charge is 0.444 e. The molecule has 0 saturated heterocycles. The van der Waals surface area contributed by atoms with Crippen molar-refractivity contribution in [2.45, 2.75) is 44.1 Å². The van der Waals surface area contributed by atoms with E-state index in [1.165, 1.54) is 0 Å². The second kappa shape index (κ2) is 8.91. The van der Waals surface area contributed by atoms with Crippen LogP contribution in [0.15, 0.2) is 21.5 Å². The van der Waals surface area contributed by atoms with Crippen LogP contribution in [0, 0.1) is 11.6 Å². The van der Waals surface area contributed by atoms with Crippen LogP contribution in [-0.2, 0) is 14.8 Å². The monoisotopic (exact) mass is 442 g/mol. The average Bonchev–Trinajstić information content (AvgIpc) is 2.44. The van der Waals surface area contributed by atoms with Crippen molar-refractivity contribution in [3.05, 3.63) is 28.2 Å². The highest BCUT2D eigenvalue weighted by Gasteiger charge is 2.21. The van der Waals surface area contributed by atoms with Crippen molar-refractivity contribution in [2.75, 3.05) is 13.1 Å². The first kappa shape index (κ1) is 21.8. The zero-order chi connectivity index (χ0) is 19.3. The first-order valence-electron chi connectivity index (χ1n) is 7.53. The van der Waals surface area contributed by atoms with E-state index in [-0.39, 0.29) is 11.0 Å². The predicted octanol–water partition coefficient (Wildman–Crippen LogP) is 3.31. The molecule has 0 aliphatic rings. The molecule has 0 aliphatic carbocycles. The molecule has 10 heteroatoms. The number of rotatable bonds is 7. The molecule has 0 radical (unpaired) electrons. The van der Waals surface area contributed by atoms with Crippen LogP contribution in [0.25, 0.3) is 0 Å². The minimum Gasteiger partial charge on any atom is -0.444 e. The number of ether oxygens (including phenoxy) is 1. The molecule has 1 rings (SSSR count). The molecule has 142 valence electrons. The van der Waals surface area contributed by atoms with E-state index in [1.807, 2.05) is 0 Å². The quantitative estimate of drug-likeness (QED) is 0.500. The van der Waals surface area contributed by atoms with Crippen LogP contribution in [0.3, 0.4) is 0 Å². The summed E-state index contributed by atoms with van der Waals surface area (Å²) in [5.74, 6) is -2.05. The van der Waals surface area contributed by atoms with Gasteiger partial charge in [0.1, 0.15) is 22.1 Å². The van der Waals surface area contributed by atoms with Gasteiger partial charge in [0, 0.05) is 19.2 Å². The summed E-state index contributed by atoms with van der Waals surface area (Å²) in [5.41, 5.74) is -0.590. The Kier molecular flexibility index (Phi) is 7.76. The molecule has 25 heavy (non-hydrogen) atoms. The van der Waals surface area contributed by atoms with E-state index >= 15 is 0 Å². The maximum absolute atomic E-state index is 13.6. The first-order valence-corrected chi connectivity index (χ1v) is 9.81. The Morgan fingerprint density at radius 3 is 2.36 bits per heavy atom. The van der Waals surface area contributed by atoms with Gasteiger partial charge in [-0.25, -0.2) is 26.7 Å². The minimum absolute atomic E-state index is 0.0484. The van der Waals surface area contributed by atoms with Crippen molar-refractivity contribution in [3.63, 3.8) is 0 Å². The van der Waals surface area contributed by atoms with E-state index < -0.39 is 38.2 Å². The van der Waals surface area contributed by atoms with Gasteiger partial charge in [-0.05, 0) is 55.6 Å². The summed E-state index contributed by atoms with van der Waals surface area (Å²) in [7, 11) is -4.09. The Morgan fingerprint density at radius 2 is 1.76 bits per heavy atom. The molecule has 1 aromatic carbocycles. The van der Waals surface area contributed by atoms with Crippen molar-refractivity contribution < 1.29 is 26.7 Å². The van der Waals surface area contributed by atoms with Crippen LogP contribution < -0.4 is 10.0 Å². The zero-order valence-corrected chi connectivity index (χ0v) is 16.6. The fourth-order valence-corrected chi connectivity index (χ4v) is 3.40. The van der Waals surface area contributed by atoms with Crippen molar-refractivity contribution >= 4 is 32.0 Å². The number of hydrogen-bond acceptors (Lipinski definition) is 4. The SMILES string of the molecule is CC(C)(C)OC(=O)NCCCCNS(=O)(=O)c1cc(Br)c(F)cc1F. The van der Waals surface area contributed by atoms with E-state index in [2.05, 4.69) is 26.0 Å². The molecular formula is C15H21BrF2N2O4S. The average molecular weight is 443 g/mol. The van der Waals surface area contributed by atoms with Crippen molar-refractivity contribution in [2.24, 2.45) is 0 Å². The molecule has 0 heterocycles. The predicted molar refractivity (Wildman–Crippen MR) is 92.7 cm³/mol. The number of benzene rings is 1. The Balaban J connectivity index is 2.41. The highest BCUT2D eigenvalue weighted by Crippen LogP contribution is 2.23. The molecule has 0 unspecified atom stereocenters. The number of carbonyl (C=O) groups excluding carboxylic acids is 1. The lowest BCUT2D eigenvalue weighted by atomic mass is 10.2. The molecule has 2 N–H and O–H groups in total. The first-order chi connectivity index (χ1) is 11.4. The Bertz CT molecular complexity index is 721. The summed E-state index contributed by atoms with van der Waals surface area (Å²) in [6.45, 7) is 5.59. The smallest absolute Gasteiger partial charge is 0.407 e. The lowest BCUT2D eigenvalue weighted by molar-refractivity contribution is 0.0527. The number of carbonyl (C=O) groups is 1. The topological polar surface area (TPSA) is 84.5 Å². The van der Waals surface area contributed by atoms with E-state index in [1.54, 1.807) is 20.8 Å². The van der Waals surface area contributed by atoms with E-state index in [0.717, 1.165) is 6.07 Å². The van der Waals surface area contributed by atoms with E-state index in [9.17, 15) is 22.0 Å². The summed E-state index contributed by atoms with van der Waals surface area (Å²) in [6.07, 6.45) is 0.363. The van der Waals surface area contributed by atoms with Gasteiger partial charge in [-0.1, -0.05) is 0 Å². The Hall–Kier alpha value is -1.26. The number of alkyl carbamates (subject to hydrolysis) is 1. The summed E-state index contributed by atoms with van der Waals surface area (Å²) in [5, 5.41) is 2.55. The number of sulfonamides is 1.